The van der Waals surface area contributed by atoms with Crippen LogP contribution in [0.25, 0.3) is 0 Å². The van der Waals surface area contributed by atoms with E-state index in [2.05, 4.69) is 0 Å². The minimum Gasteiger partial charge on any atom is -0.480 e. The number of hydrogen-bond acceptors (Lipinski definition) is 4. The highest BCUT2D eigenvalue weighted by Crippen LogP contribution is 2.24. The third kappa shape index (κ3) is 5.61. The summed E-state index contributed by atoms with van der Waals surface area (Å²) in [6.45, 7) is 1.96. The highest BCUT2D eigenvalue weighted by atomic mass is 16.5. The van der Waals surface area contributed by atoms with Crippen LogP contribution in [0.3, 0.4) is 0 Å². The first-order chi connectivity index (χ1) is 9.95. The lowest BCUT2D eigenvalue weighted by Gasteiger charge is -2.31. The van der Waals surface area contributed by atoms with Crippen molar-refractivity contribution in [2.45, 2.75) is 45.1 Å². The van der Waals surface area contributed by atoms with Crippen molar-refractivity contribution in [1.82, 2.24) is 9.80 Å². The Kier molecular flexibility index (Phi) is 6.98. The molecule has 21 heavy (non-hydrogen) atoms. The van der Waals surface area contributed by atoms with Crippen LogP contribution in [0.4, 0.5) is 4.79 Å². The first kappa shape index (κ1) is 17.3. The molecule has 1 aliphatic carbocycles. The van der Waals surface area contributed by atoms with Crippen LogP contribution < -0.4 is 0 Å². The van der Waals surface area contributed by atoms with Gasteiger partial charge in [-0.05, 0) is 19.8 Å². The minimum absolute atomic E-state index is 0.0151. The van der Waals surface area contributed by atoms with E-state index in [9.17, 15) is 14.4 Å². The second-order valence-electron chi connectivity index (χ2n) is 5.22. The van der Waals surface area contributed by atoms with Gasteiger partial charge < -0.3 is 19.6 Å². The van der Waals surface area contributed by atoms with Crippen LogP contribution in [0.2, 0.25) is 0 Å². The monoisotopic (exact) mass is 300 g/mol. The van der Waals surface area contributed by atoms with Crippen LogP contribution in [0.5, 0.6) is 0 Å². The topological polar surface area (TPSA) is 87.2 Å². The maximum atomic E-state index is 12.4. The number of esters is 1. The zero-order chi connectivity index (χ0) is 15.8. The van der Waals surface area contributed by atoms with Gasteiger partial charge in [0.05, 0.1) is 13.0 Å². The molecule has 2 amide bonds. The van der Waals surface area contributed by atoms with Crippen molar-refractivity contribution in [3.05, 3.63) is 0 Å². The Morgan fingerprint density at radius 3 is 2.38 bits per heavy atom. The molecule has 0 spiro atoms. The molecule has 7 nitrogen and oxygen atoms in total. The van der Waals surface area contributed by atoms with Gasteiger partial charge in [-0.2, -0.15) is 0 Å². The summed E-state index contributed by atoms with van der Waals surface area (Å²) >= 11 is 0. The smallest absolute Gasteiger partial charge is 0.323 e. The van der Waals surface area contributed by atoms with Gasteiger partial charge in [0.1, 0.15) is 6.54 Å². The molecule has 0 radical (unpaired) electrons. The van der Waals surface area contributed by atoms with E-state index in [1.807, 2.05) is 0 Å². The van der Waals surface area contributed by atoms with Crippen molar-refractivity contribution in [3.8, 4) is 0 Å². The summed E-state index contributed by atoms with van der Waals surface area (Å²) in [6, 6.07) is -0.354. The average molecular weight is 300 g/mol. The predicted octanol–water partition coefficient (Wildman–Crippen LogP) is 1.32. The van der Waals surface area contributed by atoms with E-state index in [4.69, 9.17) is 9.84 Å². The van der Waals surface area contributed by atoms with Gasteiger partial charge in [0.2, 0.25) is 0 Å². The van der Waals surface area contributed by atoms with Gasteiger partial charge in [-0.3, -0.25) is 9.59 Å². The predicted molar refractivity (Wildman–Crippen MR) is 75.9 cm³/mol. The number of ether oxygens (including phenoxy) is 1. The Hall–Kier alpha value is -1.79. The highest BCUT2D eigenvalue weighted by molar-refractivity contribution is 5.80. The molecule has 0 aliphatic heterocycles. The highest BCUT2D eigenvalue weighted by Gasteiger charge is 2.30. The summed E-state index contributed by atoms with van der Waals surface area (Å²) in [5.41, 5.74) is 0. The van der Waals surface area contributed by atoms with E-state index in [-0.39, 0.29) is 37.6 Å². The summed E-state index contributed by atoms with van der Waals surface area (Å²) in [5.74, 6) is -1.38. The number of urea groups is 1. The van der Waals surface area contributed by atoms with Crippen molar-refractivity contribution in [2.75, 3.05) is 26.7 Å². The second-order valence-corrected chi connectivity index (χ2v) is 5.22. The van der Waals surface area contributed by atoms with Crippen molar-refractivity contribution in [1.29, 1.82) is 0 Å². The van der Waals surface area contributed by atoms with Crippen LogP contribution in [0.15, 0.2) is 0 Å². The molecule has 7 heteroatoms. The standard InChI is InChI=1S/C14H24N2O5/c1-3-21-13(19)8-9-15(2)14(20)16(10-12(17)18)11-6-4-5-7-11/h11H,3-10H2,1-2H3,(H,17,18). The molecule has 0 atom stereocenters. The molecule has 1 aliphatic rings. The number of rotatable bonds is 7. The first-order valence-electron chi connectivity index (χ1n) is 7.34. The molecule has 0 heterocycles. The molecule has 1 rings (SSSR count). The average Bonchev–Trinajstić information content (AvgIpc) is 2.95. The fraction of sp³-hybridized carbons (Fsp3) is 0.786. The quantitative estimate of drug-likeness (QED) is 0.716. The number of amides is 2. The molecule has 120 valence electrons. The Labute approximate surface area is 124 Å². The largest absolute Gasteiger partial charge is 0.480 e. The lowest BCUT2D eigenvalue weighted by atomic mass is 10.2. The molecule has 0 bridgehead atoms. The summed E-state index contributed by atoms with van der Waals surface area (Å²) < 4.78 is 4.81. The number of carbonyl (C=O) groups is 3. The lowest BCUT2D eigenvalue weighted by molar-refractivity contribution is -0.143. The van der Waals surface area contributed by atoms with Crippen LogP contribution in [-0.4, -0.2) is 65.7 Å². The SMILES string of the molecule is CCOC(=O)CCN(C)C(=O)N(CC(=O)O)C1CCCC1. The fourth-order valence-electron chi connectivity index (χ4n) is 2.52. The van der Waals surface area contributed by atoms with Crippen molar-refractivity contribution in [3.63, 3.8) is 0 Å². The Balaban J connectivity index is 2.57. The lowest BCUT2D eigenvalue weighted by Crippen LogP contribution is -2.48. The normalized spacial score (nSPS) is 14.8. The number of carboxylic acid groups (broad SMARTS) is 1. The third-order valence-electron chi connectivity index (χ3n) is 3.60. The molecule has 0 unspecified atom stereocenters. The van der Waals surface area contributed by atoms with Gasteiger partial charge in [0.25, 0.3) is 0 Å². The fourth-order valence-corrected chi connectivity index (χ4v) is 2.52. The van der Waals surface area contributed by atoms with Gasteiger partial charge >= 0.3 is 18.0 Å². The maximum absolute atomic E-state index is 12.4. The van der Waals surface area contributed by atoms with Crippen molar-refractivity contribution in [2.24, 2.45) is 0 Å². The number of nitrogens with zero attached hydrogens (tertiary/aromatic N) is 2. The zero-order valence-electron chi connectivity index (χ0n) is 12.7. The third-order valence-corrected chi connectivity index (χ3v) is 3.60. The van der Waals surface area contributed by atoms with Crippen LogP contribution >= 0.6 is 0 Å². The number of carboxylic acids is 1. The van der Waals surface area contributed by atoms with E-state index in [1.54, 1.807) is 14.0 Å². The molecule has 0 aromatic carbocycles. The number of hydrogen-bond donors (Lipinski definition) is 1. The van der Waals surface area contributed by atoms with Gasteiger partial charge in [0.15, 0.2) is 0 Å². The minimum atomic E-state index is -1.02. The van der Waals surface area contributed by atoms with Crippen LogP contribution in [0, 0.1) is 0 Å². The molecule has 0 aromatic heterocycles. The van der Waals surface area contributed by atoms with E-state index in [1.165, 1.54) is 9.80 Å². The Bertz CT molecular complexity index is 380. The second kappa shape index (κ2) is 8.49. The van der Waals surface area contributed by atoms with Gasteiger partial charge in [0, 0.05) is 19.6 Å². The van der Waals surface area contributed by atoms with E-state index >= 15 is 0 Å². The first-order valence-corrected chi connectivity index (χ1v) is 7.34. The Morgan fingerprint density at radius 2 is 1.86 bits per heavy atom. The molecule has 1 saturated carbocycles. The molecule has 1 fully saturated rings. The molecular formula is C14H24N2O5. The Morgan fingerprint density at radius 1 is 1.24 bits per heavy atom. The van der Waals surface area contributed by atoms with E-state index in [0.29, 0.717) is 6.61 Å². The molecule has 1 N–H and O–H groups in total. The van der Waals surface area contributed by atoms with Crippen molar-refractivity contribution >= 4 is 18.0 Å². The molecular weight excluding hydrogens is 276 g/mol. The maximum Gasteiger partial charge on any atom is 0.323 e. The van der Waals surface area contributed by atoms with Gasteiger partial charge in [-0.1, -0.05) is 12.8 Å². The zero-order valence-corrected chi connectivity index (χ0v) is 12.7. The number of carbonyl (C=O) groups excluding carboxylic acids is 2. The van der Waals surface area contributed by atoms with Gasteiger partial charge in [-0.25, -0.2) is 4.79 Å². The summed E-state index contributed by atoms with van der Waals surface area (Å²) in [5, 5.41) is 8.98. The van der Waals surface area contributed by atoms with Gasteiger partial charge in [-0.15, -0.1) is 0 Å². The summed E-state index contributed by atoms with van der Waals surface area (Å²) in [6.07, 6.45) is 3.82. The molecule has 0 aromatic rings. The number of aliphatic carboxylic acids is 1. The van der Waals surface area contributed by atoms with Crippen LogP contribution in [-0.2, 0) is 14.3 Å². The summed E-state index contributed by atoms with van der Waals surface area (Å²) in [4.78, 5) is 37.4. The molecule has 0 saturated heterocycles. The van der Waals surface area contributed by atoms with Crippen LogP contribution in [0.1, 0.15) is 39.0 Å². The van der Waals surface area contributed by atoms with E-state index < -0.39 is 5.97 Å². The van der Waals surface area contributed by atoms with Crippen molar-refractivity contribution < 1.29 is 24.2 Å². The summed E-state index contributed by atoms with van der Waals surface area (Å²) in [7, 11) is 1.57. The van der Waals surface area contributed by atoms with E-state index in [0.717, 1.165) is 25.7 Å².